The summed E-state index contributed by atoms with van der Waals surface area (Å²) in [5.41, 5.74) is 0. The van der Waals surface area contributed by atoms with Gasteiger partial charge in [0.15, 0.2) is 0 Å². The molecule has 3 N–H and O–H groups in total. The van der Waals surface area contributed by atoms with Crippen LogP contribution in [0.15, 0.2) is 60.8 Å². The smallest absolute Gasteiger partial charge is 0.220 e. The third-order valence-electron chi connectivity index (χ3n) is 10.2. The zero-order valence-electron chi connectivity index (χ0n) is 35.3. The maximum Gasteiger partial charge on any atom is 0.220 e. The SMILES string of the molecule is CCCCCC/C=C/CC/C=C/CC/C=C/C(O)C(CO)NC(=O)CCCCCCCCCCCCCCCCC/C=C\C/C=C\CCCCCCC. The van der Waals surface area contributed by atoms with Crippen LogP contribution >= 0.6 is 0 Å². The van der Waals surface area contributed by atoms with E-state index in [2.05, 4.69) is 67.8 Å². The fourth-order valence-electron chi connectivity index (χ4n) is 6.65. The predicted octanol–water partition coefficient (Wildman–Crippen LogP) is 14.5. The van der Waals surface area contributed by atoms with Crippen LogP contribution in [-0.4, -0.2) is 34.9 Å². The third kappa shape index (κ3) is 41.1. The van der Waals surface area contributed by atoms with Gasteiger partial charge in [0.05, 0.1) is 18.8 Å². The van der Waals surface area contributed by atoms with Gasteiger partial charge in [0.25, 0.3) is 0 Å². The van der Waals surface area contributed by atoms with E-state index in [4.69, 9.17) is 0 Å². The maximum absolute atomic E-state index is 12.4. The zero-order valence-corrected chi connectivity index (χ0v) is 35.3. The number of carbonyl (C=O) groups excluding carboxylic acids is 1. The summed E-state index contributed by atoms with van der Waals surface area (Å²) in [5, 5.41) is 23.0. The molecule has 0 fully saturated rings. The number of amides is 1. The Morgan fingerprint density at radius 1 is 0.453 bits per heavy atom. The van der Waals surface area contributed by atoms with E-state index in [1.165, 1.54) is 161 Å². The molecule has 0 spiro atoms. The molecule has 0 aliphatic rings. The molecular weight excluding hydrogens is 651 g/mol. The van der Waals surface area contributed by atoms with E-state index >= 15 is 0 Å². The van der Waals surface area contributed by atoms with Crippen LogP contribution in [0.1, 0.15) is 226 Å². The van der Waals surface area contributed by atoms with Gasteiger partial charge in [-0.3, -0.25) is 4.79 Å². The first-order valence-electron chi connectivity index (χ1n) is 23.0. The number of hydrogen-bond acceptors (Lipinski definition) is 3. The van der Waals surface area contributed by atoms with E-state index in [0.29, 0.717) is 6.42 Å². The molecular formula is C49H89NO3. The lowest BCUT2D eigenvalue weighted by Crippen LogP contribution is -2.45. The van der Waals surface area contributed by atoms with E-state index in [-0.39, 0.29) is 12.5 Å². The molecule has 0 saturated heterocycles. The Kier molecular flexibility index (Phi) is 42.9. The van der Waals surface area contributed by atoms with Gasteiger partial charge in [-0.1, -0.05) is 203 Å². The van der Waals surface area contributed by atoms with Crippen molar-refractivity contribution in [3.63, 3.8) is 0 Å². The molecule has 0 aliphatic carbocycles. The van der Waals surface area contributed by atoms with Crippen LogP contribution in [0.4, 0.5) is 0 Å². The molecule has 0 aromatic rings. The number of aliphatic hydroxyl groups is 2. The van der Waals surface area contributed by atoms with E-state index in [1.54, 1.807) is 6.08 Å². The zero-order chi connectivity index (χ0) is 38.6. The first kappa shape index (κ1) is 51.1. The Hall–Kier alpha value is -1.91. The van der Waals surface area contributed by atoms with Gasteiger partial charge in [-0.25, -0.2) is 0 Å². The quantitative estimate of drug-likeness (QED) is 0.0432. The van der Waals surface area contributed by atoms with Gasteiger partial charge in [0, 0.05) is 6.42 Å². The van der Waals surface area contributed by atoms with Crippen molar-refractivity contribution >= 4 is 5.91 Å². The number of allylic oxidation sites excluding steroid dienone is 9. The van der Waals surface area contributed by atoms with Crippen molar-refractivity contribution in [3.05, 3.63) is 60.8 Å². The van der Waals surface area contributed by atoms with Crippen molar-refractivity contribution in [2.24, 2.45) is 0 Å². The lowest BCUT2D eigenvalue weighted by atomic mass is 10.0. The summed E-state index contributed by atoms with van der Waals surface area (Å²) in [6.45, 7) is 4.26. The lowest BCUT2D eigenvalue weighted by Gasteiger charge is -2.19. The lowest BCUT2D eigenvalue weighted by molar-refractivity contribution is -0.123. The molecule has 0 aromatic carbocycles. The highest BCUT2D eigenvalue weighted by Gasteiger charge is 2.17. The van der Waals surface area contributed by atoms with Crippen LogP contribution in [-0.2, 0) is 4.79 Å². The van der Waals surface area contributed by atoms with Crippen LogP contribution in [0.5, 0.6) is 0 Å². The van der Waals surface area contributed by atoms with E-state index in [9.17, 15) is 15.0 Å². The second kappa shape index (κ2) is 44.5. The van der Waals surface area contributed by atoms with Crippen LogP contribution in [0.2, 0.25) is 0 Å². The summed E-state index contributed by atoms with van der Waals surface area (Å²) in [5.74, 6) is -0.0796. The molecule has 2 unspecified atom stereocenters. The van der Waals surface area contributed by atoms with Gasteiger partial charge >= 0.3 is 0 Å². The summed E-state index contributed by atoms with van der Waals surface area (Å²) >= 11 is 0. The molecule has 0 bridgehead atoms. The number of unbranched alkanes of at least 4 members (excludes halogenated alkanes) is 26. The van der Waals surface area contributed by atoms with Crippen molar-refractivity contribution in [2.45, 2.75) is 238 Å². The van der Waals surface area contributed by atoms with Crippen molar-refractivity contribution in [3.8, 4) is 0 Å². The van der Waals surface area contributed by atoms with Crippen molar-refractivity contribution in [1.29, 1.82) is 0 Å². The molecule has 2 atom stereocenters. The number of rotatable bonds is 41. The van der Waals surface area contributed by atoms with Crippen LogP contribution in [0.25, 0.3) is 0 Å². The van der Waals surface area contributed by atoms with E-state index in [1.807, 2.05) is 6.08 Å². The highest BCUT2D eigenvalue weighted by Crippen LogP contribution is 2.15. The summed E-state index contributed by atoms with van der Waals surface area (Å²) in [4.78, 5) is 12.4. The highest BCUT2D eigenvalue weighted by atomic mass is 16.3. The first-order valence-corrected chi connectivity index (χ1v) is 23.0. The van der Waals surface area contributed by atoms with E-state index in [0.717, 1.165) is 44.9 Å². The molecule has 1 amide bonds. The van der Waals surface area contributed by atoms with Gasteiger partial charge < -0.3 is 15.5 Å². The largest absolute Gasteiger partial charge is 0.394 e. The number of nitrogens with one attached hydrogen (secondary N) is 1. The number of carbonyl (C=O) groups is 1. The monoisotopic (exact) mass is 740 g/mol. The fraction of sp³-hybridized carbons (Fsp3) is 0.776. The van der Waals surface area contributed by atoms with Crippen molar-refractivity contribution < 1.29 is 15.0 Å². The Bertz CT molecular complexity index is 888. The molecule has 0 radical (unpaired) electrons. The van der Waals surface area contributed by atoms with Gasteiger partial charge in [0.2, 0.25) is 5.91 Å². The summed E-state index contributed by atoms with van der Waals surface area (Å²) < 4.78 is 0. The maximum atomic E-state index is 12.4. The minimum Gasteiger partial charge on any atom is -0.394 e. The summed E-state index contributed by atoms with van der Waals surface area (Å²) in [6.07, 6.45) is 62.0. The molecule has 4 nitrogen and oxygen atoms in total. The normalized spacial score (nSPS) is 13.5. The topological polar surface area (TPSA) is 69.6 Å². The average Bonchev–Trinajstić information content (AvgIpc) is 3.16. The van der Waals surface area contributed by atoms with Crippen LogP contribution < -0.4 is 5.32 Å². The summed E-state index contributed by atoms with van der Waals surface area (Å²) in [7, 11) is 0. The van der Waals surface area contributed by atoms with Gasteiger partial charge in [-0.2, -0.15) is 0 Å². The highest BCUT2D eigenvalue weighted by molar-refractivity contribution is 5.76. The second-order valence-electron chi connectivity index (χ2n) is 15.4. The molecule has 0 aliphatic heterocycles. The molecule has 4 heteroatoms. The molecule has 53 heavy (non-hydrogen) atoms. The Labute approximate surface area is 330 Å². The Morgan fingerprint density at radius 2 is 0.792 bits per heavy atom. The third-order valence-corrected chi connectivity index (χ3v) is 10.2. The minimum absolute atomic E-state index is 0.0796. The number of aliphatic hydroxyl groups excluding tert-OH is 2. The standard InChI is InChI=1S/C49H89NO3/c1-3-5-7-9-11-13-15-17-19-20-21-22-23-24-25-26-27-28-29-30-31-33-35-37-39-41-43-45-49(53)50-47(46-51)48(52)44-42-40-38-36-34-32-18-16-14-12-10-8-6-4-2/h14-17,20-21,34,36,42,44,47-48,51-52H,3-13,18-19,22-33,35,37-41,43,45-46H2,1-2H3,(H,50,53)/b16-14+,17-15-,21-20-,36-34+,44-42+. The molecule has 308 valence electrons. The average molecular weight is 740 g/mol. The minimum atomic E-state index is -0.870. The van der Waals surface area contributed by atoms with Gasteiger partial charge in [0.1, 0.15) is 0 Å². The molecule has 0 rings (SSSR count). The van der Waals surface area contributed by atoms with Crippen LogP contribution in [0, 0.1) is 0 Å². The van der Waals surface area contributed by atoms with Gasteiger partial charge in [-0.05, 0) is 77.0 Å². The molecule has 0 aromatic heterocycles. The van der Waals surface area contributed by atoms with Crippen molar-refractivity contribution in [1.82, 2.24) is 5.32 Å². The Morgan fingerprint density at radius 3 is 1.23 bits per heavy atom. The van der Waals surface area contributed by atoms with Crippen LogP contribution in [0.3, 0.4) is 0 Å². The fourth-order valence-corrected chi connectivity index (χ4v) is 6.65. The Balaban J connectivity index is 3.55. The molecule has 0 saturated carbocycles. The van der Waals surface area contributed by atoms with Crippen molar-refractivity contribution in [2.75, 3.05) is 6.61 Å². The predicted molar refractivity (Wildman–Crippen MR) is 234 cm³/mol. The van der Waals surface area contributed by atoms with E-state index < -0.39 is 12.1 Å². The van der Waals surface area contributed by atoms with Gasteiger partial charge in [-0.15, -0.1) is 0 Å². The first-order chi connectivity index (χ1) is 26.2. The number of hydrogen-bond donors (Lipinski definition) is 3. The molecule has 0 heterocycles. The summed E-state index contributed by atoms with van der Waals surface area (Å²) in [6, 6.07) is -0.646. The second-order valence-corrected chi connectivity index (χ2v) is 15.4.